The molecule has 27 heavy (non-hydrogen) atoms. The van der Waals surface area contributed by atoms with Gasteiger partial charge in [-0.15, -0.1) is 0 Å². The maximum atomic E-state index is 10.1. The van der Waals surface area contributed by atoms with Gasteiger partial charge in [0, 0.05) is 31.3 Å². The second kappa shape index (κ2) is 8.41. The normalized spacial score (nSPS) is 23.3. The lowest BCUT2D eigenvalue weighted by Crippen LogP contribution is -2.45. The van der Waals surface area contributed by atoms with Crippen LogP contribution < -0.4 is 4.74 Å². The van der Waals surface area contributed by atoms with E-state index in [1.165, 1.54) is 37.7 Å². The van der Waals surface area contributed by atoms with Gasteiger partial charge in [0.15, 0.2) is 0 Å². The van der Waals surface area contributed by atoms with Crippen LogP contribution in [0, 0.1) is 11.3 Å². The molecule has 0 bridgehead atoms. The maximum Gasteiger partial charge on any atom is 0.130 e. The summed E-state index contributed by atoms with van der Waals surface area (Å²) in [4.78, 5) is 6.82. The van der Waals surface area contributed by atoms with Crippen LogP contribution in [-0.2, 0) is 13.2 Å². The molecule has 1 saturated heterocycles. The van der Waals surface area contributed by atoms with Gasteiger partial charge in [0.2, 0.25) is 0 Å². The Hall–Kier alpha value is -1.91. The predicted molar refractivity (Wildman–Crippen MR) is 106 cm³/mol. The number of rotatable bonds is 8. The van der Waals surface area contributed by atoms with Gasteiger partial charge in [0.1, 0.15) is 12.4 Å². The molecule has 2 aliphatic rings. The Labute approximate surface area is 162 Å². The molecule has 144 valence electrons. The average molecular weight is 367 g/mol. The molecule has 1 aromatic carbocycles. The fraction of sp³-hybridized carbons (Fsp3) is 0.522. The molecule has 2 heterocycles. The highest BCUT2D eigenvalue weighted by molar-refractivity contribution is 5.28. The van der Waals surface area contributed by atoms with E-state index in [4.69, 9.17) is 4.74 Å². The molecular formula is C23H30N2O2. The van der Waals surface area contributed by atoms with Crippen molar-refractivity contribution in [1.29, 1.82) is 0 Å². The molecule has 4 nitrogen and oxygen atoms in total. The van der Waals surface area contributed by atoms with Crippen LogP contribution in [-0.4, -0.2) is 34.7 Å². The summed E-state index contributed by atoms with van der Waals surface area (Å²) in [5.74, 6) is 1.75. The minimum Gasteiger partial charge on any atom is -0.487 e. The van der Waals surface area contributed by atoms with Gasteiger partial charge in [-0.3, -0.25) is 9.88 Å². The van der Waals surface area contributed by atoms with Crippen LogP contribution in [0.3, 0.4) is 0 Å². The van der Waals surface area contributed by atoms with Crippen LogP contribution >= 0.6 is 0 Å². The lowest BCUT2D eigenvalue weighted by Gasteiger charge is -2.42. The van der Waals surface area contributed by atoms with Crippen molar-refractivity contribution in [2.24, 2.45) is 11.3 Å². The van der Waals surface area contributed by atoms with Crippen LogP contribution in [0.25, 0.3) is 0 Å². The lowest BCUT2D eigenvalue weighted by atomic mass is 9.76. The van der Waals surface area contributed by atoms with Crippen LogP contribution in [0.5, 0.6) is 5.75 Å². The van der Waals surface area contributed by atoms with E-state index < -0.39 is 0 Å². The number of piperidine rings is 1. The fourth-order valence-electron chi connectivity index (χ4n) is 4.37. The molecule has 0 radical (unpaired) electrons. The predicted octanol–water partition coefficient (Wildman–Crippen LogP) is 4.04. The largest absolute Gasteiger partial charge is 0.487 e. The molecule has 1 aliphatic heterocycles. The maximum absolute atomic E-state index is 10.1. The second-order valence-corrected chi connectivity index (χ2v) is 8.38. The number of aliphatic hydroxyl groups is 1. The molecule has 4 rings (SSSR count). The van der Waals surface area contributed by atoms with Crippen molar-refractivity contribution in [3.05, 3.63) is 59.9 Å². The van der Waals surface area contributed by atoms with E-state index in [0.717, 1.165) is 37.0 Å². The summed E-state index contributed by atoms with van der Waals surface area (Å²) in [6.07, 6.45) is 8.06. The highest BCUT2D eigenvalue weighted by Crippen LogP contribution is 2.44. The average Bonchev–Trinajstić information content (AvgIpc) is 3.51. The molecule has 1 N–H and O–H groups in total. The van der Waals surface area contributed by atoms with Gasteiger partial charge < -0.3 is 9.84 Å². The summed E-state index contributed by atoms with van der Waals surface area (Å²) in [5.41, 5.74) is 2.33. The Balaban J connectivity index is 1.35. The van der Waals surface area contributed by atoms with Crippen molar-refractivity contribution < 1.29 is 9.84 Å². The minimum atomic E-state index is 0.118. The van der Waals surface area contributed by atoms with Gasteiger partial charge >= 0.3 is 0 Å². The molecule has 1 atom stereocenters. The highest BCUT2D eigenvalue weighted by Gasteiger charge is 2.39. The van der Waals surface area contributed by atoms with Crippen LogP contribution in [0.15, 0.2) is 48.7 Å². The number of hydrogen-bond donors (Lipinski definition) is 1. The summed E-state index contributed by atoms with van der Waals surface area (Å²) in [6.45, 7) is 3.87. The van der Waals surface area contributed by atoms with Gasteiger partial charge in [-0.1, -0.05) is 31.0 Å². The number of aliphatic hydroxyl groups excluding tert-OH is 1. The first-order valence-corrected chi connectivity index (χ1v) is 10.2. The summed E-state index contributed by atoms with van der Waals surface area (Å²) < 4.78 is 5.92. The summed E-state index contributed by atoms with van der Waals surface area (Å²) >= 11 is 0. The van der Waals surface area contributed by atoms with E-state index >= 15 is 0 Å². The third kappa shape index (κ3) is 5.08. The van der Waals surface area contributed by atoms with Crippen molar-refractivity contribution in [2.45, 2.75) is 45.3 Å². The molecular weight excluding hydrogens is 336 g/mol. The molecule has 0 unspecified atom stereocenters. The van der Waals surface area contributed by atoms with E-state index in [0.29, 0.717) is 13.2 Å². The van der Waals surface area contributed by atoms with Crippen LogP contribution in [0.4, 0.5) is 0 Å². The smallest absolute Gasteiger partial charge is 0.130 e. The van der Waals surface area contributed by atoms with Crippen molar-refractivity contribution in [3.63, 3.8) is 0 Å². The number of hydrogen-bond acceptors (Lipinski definition) is 4. The fourth-order valence-corrected chi connectivity index (χ4v) is 4.37. The Morgan fingerprint density at radius 2 is 2.11 bits per heavy atom. The molecule has 0 spiro atoms. The minimum absolute atomic E-state index is 0.118. The zero-order valence-corrected chi connectivity index (χ0v) is 16.0. The number of pyridine rings is 1. The monoisotopic (exact) mass is 366 g/mol. The summed E-state index contributed by atoms with van der Waals surface area (Å²) in [6, 6.07) is 14.3. The molecule has 2 fully saturated rings. The number of aromatic nitrogens is 1. The first kappa shape index (κ1) is 18.5. The van der Waals surface area contributed by atoms with Crippen molar-refractivity contribution in [2.75, 3.05) is 19.7 Å². The second-order valence-electron chi connectivity index (χ2n) is 8.38. The topological polar surface area (TPSA) is 45.6 Å². The first-order chi connectivity index (χ1) is 13.2. The third-order valence-corrected chi connectivity index (χ3v) is 5.91. The van der Waals surface area contributed by atoms with Gasteiger partial charge in [-0.05, 0) is 61.6 Å². The van der Waals surface area contributed by atoms with E-state index in [2.05, 4.69) is 28.1 Å². The van der Waals surface area contributed by atoms with Gasteiger partial charge in [0.25, 0.3) is 0 Å². The van der Waals surface area contributed by atoms with E-state index in [1.54, 1.807) is 6.20 Å². The molecule has 1 aromatic heterocycles. The number of nitrogens with zero attached hydrogens (tertiary/aromatic N) is 2. The molecule has 1 saturated carbocycles. The van der Waals surface area contributed by atoms with Gasteiger partial charge in [-0.25, -0.2) is 0 Å². The molecule has 0 amide bonds. The Morgan fingerprint density at radius 1 is 1.19 bits per heavy atom. The highest BCUT2D eigenvalue weighted by atomic mass is 16.5. The molecule has 4 heteroatoms. The first-order valence-electron chi connectivity index (χ1n) is 10.2. The Morgan fingerprint density at radius 3 is 2.89 bits per heavy atom. The summed E-state index contributed by atoms with van der Waals surface area (Å²) in [5, 5.41) is 10.1. The van der Waals surface area contributed by atoms with Crippen molar-refractivity contribution >= 4 is 0 Å². The zero-order valence-electron chi connectivity index (χ0n) is 16.0. The van der Waals surface area contributed by atoms with E-state index in [1.807, 2.05) is 24.3 Å². The SMILES string of the molecule is OC[C@]1(CC2CC2)CCCN(Cc2cccc(OCc3ccccn3)c2)C1. The van der Waals surface area contributed by atoms with Crippen molar-refractivity contribution in [1.82, 2.24) is 9.88 Å². The Kier molecular flexibility index (Phi) is 5.74. The number of ether oxygens (including phenoxy) is 1. The van der Waals surface area contributed by atoms with E-state index in [9.17, 15) is 5.11 Å². The van der Waals surface area contributed by atoms with Crippen molar-refractivity contribution in [3.8, 4) is 5.75 Å². The lowest BCUT2D eigenvalue weighted by molar-refractivity contribution is 0.0180. The van der Waals surface area contributed by atoms with E-state index in [-0.39, 0.29) is 5.41 Å². The number of likely N-dealkylation sites (tertiary alicyclic amines) is 1. The third-order valence-electron chi connectivity index (χ3n) is 5.91. The zero-order chi connectivity index (χ0) is 18.5. The standard InChI is InChI=1S/C23H30N2O2/c26-18-23(14-19-8-9-19)10-4-12-25(17-23)15-20-5-3-7-22(13-20)27-16-21-6-1-2-11-24-21/h1-3,5-7,11,13,19,26H,4,8-10,12,14-18H2/t23-/m0/s1. The summed E-state index contributed by atoms with van der Waals surface area (Å²) in [7, 11) is 0. The Bertz CT molecular complexity index is 732. The van der Waals surface area contributed by atoms with Gasteiger partial charge in [-0.2, -0.15) is 0 Å². The van der Waals surface area contributed by atoms with Crippen LogP contribution in [0.2, 0.25) is 0 Å². The molecule has 1 aliphatic carbocycles. The van der Waals surface area contributed by atoms with Gasteiger partial charge in [0.05, 0.1) is 5.69 Å². The van der Waals surface area contributed by atoms with Crippen LogP contribution in [0.1, 0.15) is 43.4 Å². The quantitative estimate of drug-likeness (QED) is 0.766. The number of benzene rings is 1. The molecule has 2 aromatic rings.